The molecule has 2 rings (SSSR count). The van der Waals surface area contributed by atoms with Crippen molar-refractivity contribution in [2.24, 2.45) is 0 Å². The lowest BCUT2D eigenvalue weighted by molar-refractivity contribution is -0.114. The van der Waals surface area contributed by atoms with Crippen LogP contribution in [0.15, 0.2) is 42.5 Å². The minimum atomic E-state index is -0.0700. The number of hydrogen-bond acceptors (Lipinski definition) is 2. The van der Waals surface area contributed by atoms with Crippen LogP contribution in [0.4, 0.5) is 5.69 Å². The fourth-order valence-electron chi connectivity index (χ4n) is 1.66. The zero-order valence-electron chi connectivity index (χ0n) is 9.90. The zero-order valence-corrected chi connectivity index (χ0v) is 9.90. The van der Waals surface area contributed by atoms with Crippen molar-refractivity contribution in [1.82, 2.24) is 4.98 Å². The first-order valence-electron chi connectivity index (χ1n) is 5.47. The van der Waals surface area contributed by atoms with Crippen LogP contribution in [0.1, 0.15) is 12.6 Å². The van der Waals surface area contributed by atoms with Crippen LogP contribution in [-0.4, -0.2) is 10.9 Å². The van der Waals surface area contributed by atoms with Crippen LogP contribution in [0, 0.1) is 6.92 Å². The Morgan fingerprint density at radius 1 is 1.18 bits per heavy atom. The van der Waals surface area contributed by atoms with Crippen LogP contribution < -0.4 is 5.32 Å². The number of amides is 1. The van der Waals surface area contributed by atoms with Crippen LogP contribution in [0.25, 0.3) is 11.3 Å². The maximum absolute atomic E-state index is 11.0. The molecule has 0 bridgehead atoms. The van der Waals surface area contributed by atoms with E-state index in [2.05, 4.69) is 10.3 Å². The minimum Gasteiger partial charge on any atom is -0.326 e. The number of hydrogen-bond donors (Lipinski definition) is 1. The van der Waals surface area contributed by atoms with Crippen LogP contribution in [0.3, 0.4) is 0 Å². The Hall–Kier alpha value is -2.16. The van der Waals surface area contributed by atoms with Gasteiger partial charge in [0.05, 0.1) is 5.69 Å². The molecule has 0 spiro atoms. The smallest absolute Gasteiger partial charge is 0.221 e. The number of anilines is 1. The van der Waals surface area contributed by atoms with E-state index < -0.39 is 0 Å². The van der Waals surface area contributed by atoms with Crippen LogP contribution in [-0.2, 0) is 4.79 Å². The highest BCUT2D eigenvalue weighted by Gasteiger charge is 2.01. The molecule has 86 valence electrons. The minimum absolute atomic E-state index is 0.0700. The van der Waals surface area contributed by atoms with Gasteiger partial charge in [0.2, 0.25) is 5.91 Å². The van der Waals surface area contributed by atoms with Crippen molar-refractivity contribution in [1.29, 1.82) is 0 Å². The molecule has 1 amide bonds. The van der Waals surface area contributed by atoms with E-state index in [4.69, 9.17) is 0 Å². The van der Waals surface area contributed by atoms with Gasteiger partial charge in [0.1, 0.15) is 0 Å². The number of nitrogens with zero attached hydrogens (tertiary/aromatic N) is 1. The fraction of sp³-hybridized carbons (Fsp3) is 0.143. The second-order valence-corrected chi connectivity index (χ2v) is 3.93. The number of rotatable bonds is 2. The SMILES string of the molecule is CC(=O)Nc1cccc(-c2cccc(C)n2)c1. The maximum Gasteiger partial charge on any atom is 0.221 e. The summed E-state index contributed by atoms with van der Waals surface area (Å²) in [5.74, 6) is -0.0700. The number of carbonyl (C=O) groups excluding carboxylic acids is 1. The molecule has 0 radical (unpaired) electrons. The Morgan fingerprint density at radius 2 is 1.94 bits per heavy atom. The van der Waals surface area contributed by atoms with Crippen molar-refractivity contribution in [2.45, 2.75) is 13.8 Å². The lowest BCUT2D eigenvalue weighted by Crippen LogP contribution is -2.05. The molecule has 1 heterocycles. The summed E-state index contributed by atoms with van der Waals surface area (Å²) < 4.78 is 0. The first-order chi connectivity index (χ1) is 8.15. The first kappa shape index (κ1) is 11.3. The summed E-state index contributed by atoms with van der Waals surface area (Å²) in [5, 5.41) is 2.76. The second kappa shape index (κ2) is 4.78. The van der Waals surface area contributed by atoms with Gasteiger partial charge in [-0.3, -0.25) is 9.78 Å². The molecule has 1 aromatic carbocycles. The van der Waals surface area contributed by atoms with Gasteiger partial charge in [-0.15, -0.1) is 0 Å². The molecule has 0 atom stereocenters. The van der Waals surface area contributed by atoms with Crippen molar-refractivity contribution < 1.29 is 4.79 Å². The normalized spacial score (nSPS) is 10.0. The van der Waals surface area contributed by atoms with E-state index in [9.17, 15) is 4.79 Å². The van der Waals surface area contributed by atoms with E-state index in [1.807, 2.05) is 49.4 Å². The van der Waals surface area contributed by atoms with E-state index in [0.717, 1.165) is 22.6 Å². The molecule has 1 aromatic heterocycles. The molecule has 0 aliphatic heterocycles. The number of aryl methyl sites for hydroxylation is 1. The van der Waals surface area contributed by atoms with E-state index in [-0.39, 0.29) is 5.91 Å². The highest BCUT2D eigenvalue weighted by Crippen LogP contribution is 2.20. The maximum atomic E-state index is 11.0. The Balaban J connectivity index is 2.36. The van der Waals surface area contributed by atoms with E-state index in [1.54, 1.807) is 0 Å². The largest absolute Gasteiger partial charge is 0.326 e. The quantitative estimate of drug-likeness (QED) is 0.855. The van der Waals surface area contributed by atoms with Gasteiger partial charge in [0, 0.05) is 23.9 Å². The summed E-state index contributed by atoms with van der Waals surface area (Å²) in [4.78, 5) is 15.4. The fourth-order valence-corrected chi connectivity index (χ4v) is 1.66. The standard InChI is InChI=1S/C14H14N2O/c1-10-5-3-8-14(15-10)12-6-4-7-13(9-12)16-11(2)17/h3-9H,1-2H3,(H,16,17). The van der Waals surface area contributed by atoms with Crippen LogP contribution in [0.2, 0.25) is 0 Å². The average Bonchev–Trinajstić information content (AvgIpc) is 2.28. The van der Waals surface area contributed by atoms with Crippen molar-refractivity contribution in [3.05, 3.63) is 48.2 Å². The predicted octanol–water partition coefficient (Wildman–Crippen LogP) is 3.02. The summed E-state index contributed by atoms with van der Waals surface area (Å²) in [6, 6.07) is 13.6. The highest BCUT2D eigenvalue weighted by molar-refractivity contribution is 5.89. The molecular formula is C14H14N2O. The third-order valence-corrected chi connectivity index (χ3v) is 2.37. The van der Waals surface area contributed by atoms with Gasteiger partial charge in [-0.1, -0.05) is 18.2 Å². The van der Waals surface area contributed by atoms with Gasteiger partial charge < -0.3 is 5.32 Å². The van der Waals surface area contributed by atoms with E-state index >= 15 is 0 Å². The molecule has 0 aliphatic carbocycles. The van der Waals surface area contributed by atoms with Gasteiger partial charge in [-0.25, -0.2) is 0 Å². The third-order valence-electron chi connectivity index (χ3n) is 2.37. The molecular weight excluding hydrogens is 212 g/mol. The zero-order chi connectivity index (χ0) is 12.3. The van der Waals surface area contributed by atoms with E-state index in [0.29, 0.717) is 0 Å². The Kier molecular flexibility index (Phi) is 3.19. The molecule has 2 aromatic rings. The number of nitrogens with one attached hydrogen (secondary N) is 1. The van der Waals surface area contributed by atoms with Gasteiger partial charge >= 0.3 is 0 Å². The molecule has 3 nitrogen and oxygen atoms in total. The number of aromatic nitrogens is 1. The number of pyridine rings is 1. The molecule has 17 heavy (non-hydrogen) atoms. The summed E-state index contributed by atoms with van der Waals surface area (Å²) in [7, 11) is 0. The molecule has 0 aliphatic rings. The lowest BCUT2D eigenvalue weighted by Gasteiger charge is -2.05. The summed E-state index contributed by atoms with van der Waals surface area (Å²) in [6.07, 6.45) is 0. The van der Waals surface area contributed by atoms with E-state index in [1.165, 1.54) is 6.92 Å². The Labute approximate surface area is 101 Å². The topological polar surface area (TPSA) is 42.0 Å². The molecule has 0 saturated carbocycles. The molecule has 0 saturated heterocycles. The molecule has 0 fully saturated rings. The lowest BCUT2D eigenvalue weighted by atomic mass is 10.1. The second-order valence-electron chi connectivity index (χ2n) is 3.93. The van der Waals surface area contributed by atoms with Gasteiger partial charge in [0.25, 0.3) is 0 Å². The van der Waals surface area contributed by atoms with Crippen molar-refractivity contribution >= 4 is 11.6 Å². The monoisotopic (exact) mass is 226 g/mol. The average molecular weight is 226 g/mol. The van der Waals surface area contributed by atoms with Gasteiger partial charge in [0.15, 0.2) is 0 Å². The first-order valence-corrected chi connectivity index (χ1v) is 5.47. The van der Waals surface area contributed by atoms with Gasteiger partial charge in [-0.05, 0) is 31.2 Å². The van der Waals surface area contributed by atoms with Crippen molar-refractivity contribution in [3.8, 4) is 11.3 Å². The van der Waals surface area contributed by atoms with Crippen molar-refractivity contribution in [3.63, 3.8) is 0 Å². The summed E-state index contributed by atoms with van der Waals surface area (Å²) in [5.41, 5.74) is 3.68. The predicted molar refractivity (Wildman–Crippen MR) is 68.7 cm³/mol. The van der Waals surface area contributed by atoms with Crippen LogP contribution >= 0.6 is 0 Å². The third kappa shape index (κ3) is 2.91. The highest BCUT2D eigenvalue weighted by atomic mass is 16.1. The summed E-state index contributed by atoms with van der Waals surface area (Å²) >= 11 is 0. The molecule has 3 heteroatoms. The molecule has 1 N–H and O–H groups in total. The summed E-state index contributed by atoms with van der Waals surface area (Å²) in [6.45, 7) is 3.46. The molecule has 0 unspecified atom stereocenters. The number of carbonyl (C=O) groups is 1. The number of benzene rings is 1. The van der Waals surface area contributed by atoms with Crippen LogP contribution in [0.5, 0.6) is 0 Å². The Morgan fingerprint density at radius 3 is 2.65 bits per heavy atom. The Bertz CT molecular complexity index is 549. The van der Waals surface area contributed by atoms with Crippen molar-refractivity contribution in [2.75, 3.05) is 5.32 Å². The van der Waals surface area contributed by atoms with Gasteiger partial charge in [-0.2, -0.15) is 0 Å².